The van der Waals surface area contributed by atoms with Crippen LogP contribution in [0.3, 0.4) is 0 Å². The Bertz CT molecular complexity index is 1040. The SMILES string of the molecule is COc1ccccc1OCC(=O)N/N=C\[C@@H]1C(=O)NC(=S)N(c2ccc(C)cc2)C1=O. The van der Waals surface area contributed by atoms with E-state index in [9.17, 15) is 14.4 Å². The summed E-state index contributed by atoms with van der Waals surface area (Å²) in [5.41, 5.74) is 3.77. The summed E-state index contributed by atoms with van der Waals surface area (Å²) < 4.78 is 10.5. The molecule has 1 aliphatic heterocycles. The van der Waals surface area contributed by atoms with Crippen molar-refractivity contribution in [3.05, 3.63) is 54.1 Å². The molecule has 31 heavy (non-hydrogen) atoms. The van der Waals surface area contributed by atoms with Crippen LogP contribution in [0, 0.1) is 12.8 Å². The fourth-order valence-electron chi connectivity index (χ4n) is 2.76. The molecule has 0 radical (unpaired) electrons. The topological polar surface area (TPSA) is 109 Å². The Morgan fingerprint density at radius 3 is 2.55 bits per heavy atom. The van der Waals surface area contributed by atoms with Crippen LogP contribution in [0.15, 0.2) is 53.6 Å². The Labute approximate surface area is 184 Å². The molecule has 0 saturated carbocycles. The van der Waals surface area contributed by atoms with Crippen LogP contribution < -0.4 is 25.1 Å². The van der Waals surface area contributed by atoms with Gasteiger partial charge in [-0.3, -0.25) is 19.3 Å². The average molecular weight is 440 g/mol. The number of hydrazone groups is 1. The van der Waals surface area contributed by atoms with E-state index in [1.54, 1.807) is 36.4 Å². The van der Waals surface area contributed by atoms with Gasteiger partial charge >= 0.3 is 0 Å². The van der Waals surface area contributed by atoms with Crippen molar-refractivity contribution in [1.29, 1.82) is 0 Å². The molecule has 0 unspecified atom stereocenters. The summed E-state index contributed by atoms with van der Waals surface area (Å²) in [5, 5.41) is 6.19. The van der Waals surface area contributed by atoms with E-state index in [0.717, 1.165) is 11.8 Å². The minimum atomic E-state index is -1.25. The highest BCUT2D eigenvalue weighted by Crippen LogP contribution is 2.25. The number of anilines is 1. The number of carbonyl (C=O) groups is 3. The highest BCUT2D eigenvalue weighted by molar-refractivity contribution is 7.80. The number of carbonyl (C=O) groups excluding carboxylic acids is 3. The predicted octanol–water partition coefficient (Wildman–Crippen LogP) is 1.55. The van der Waals surface area contributed by atoms with Gasteiger partial charge in [0.25, 0.3) is 11.8 Å². The minimum absolute atomic E-state index is 0.0160. The van der Waals surface area contributed by atoms with E-state index in [1.165, 1.54) is 12.0 Å². The Hall–Kier alpha value is -3.79. The number of amides is 3. The quantitative estimate of drug-likeness (QED) is 0.293. The van der Waals surface area contributed by atoms with Crippen molar-refractivity contribution in [2.45, 2.75) is 6.92 Å². The predicted molar refractivity (Wildman–Crippen MR) is 118 cm³/mol. The molecule has 3 amide bonds. The molecule has 0 aliphatic carbocycles. The second-order valence-corrected chi connectivity index (χ2v) is 6.92. The molecule has 9 nitrogen and oxygen atoms in total. The van der Waals surface area contributed by atoms with Crippen LogP contribution in [0.2, 0.25) is 0 Å². The summed E-state index contributed by atoms with van der Waals surface area (Å²) in [6.45, 7) is 1.58. The van der Waals surface area contributed by atoms with Gasteiger partial charge < -0.3 is 14.8 Å². The third-order valence-corrected chi connectivity index (χ3v) is 4.62. The minimum Gasteiger partial charge on any atom is -0.493 e. The smallest absolute Gasteiger partial charge is 0.277 e. The molecule has 1 atom stereocenters. The molecule has 2 aromatic carbocycles. The van der Waals surface area contributed by atoms with Crippen LogP contribution in [0.4, 0.5) is 5.69 Å². The Morgan fingerprint density at radius 1 is 1.19 bits per heavy atom. The molecular weight excluding hydrogens is 420 g/mol. The molecule has 0 aromatic heterocycles. The first-order chi connectivity index (χ1) is 14.9. The fraction of sp³-hybridized carbons (Fsp3) is 0.190. The fourth-order valence-corrected chi connectivity index (χ4v) is 3.05. The molecule has 2 aromatic rings. The number of nitrogens with zero attached hydrogens (tertiary/aromatic N) is 2. The largest absolute Gasteiger partial charge is 0.493 e. The lowest BCUT2D eigenvalue weighted by atomic mass is 10.1. The third kappa shape index (κ3) is 5.23. The van der Waals surface area contributed by atoms with Crippen molar-refractivity contribution in [1.82, 2.24) is 10.7 Å². The molecular formula is C21H20N4O5S. The van der Waals surface area contributed by atoms with Crippen LogP contribution in [-0.2, 0) is 14.4 Å². The molecule has 2 N–H and O–H groups in total. The van der Waals surface area contributed by atoms with Crippen LogP contribution in [0.25, 0.3) is 0 Å². The summed E-state index contributed by atoms with van der Waals surface area (Å²) in [6.07, 6.45) is 1.06. The van der Waals surface area contributed by atoms with Gasteiger partial charge in [0, 0.05) is 6.21 Å². The number of ether oxygens (including phenoxy) is 2. The van der Waals surface area contributed by atoms with Crippen molar-refractivity contribution in [2.75, 3.05) is 18.6 Å². The first kappa shape index (κ1) is 21.9. The molecule has 1 aliphatic rings. The molecule has 10 heteroatoms. The summed E-state index contributed by atoms with van der Waals surface area (Å²) in [6, 6.07) is 14.0. The summed E-state index contributed by atoms with van der Waals surface area (Å²) in [4.78, 5) is 38.2. The van der Waals surface area contributed by atoms with Gasteiger partial charge in [0.05, 0.1) is 12.8 Å². The molecule has 3 rings (SSSR count). The maximum atomic E-state index is 12.8. The van der Waals surface area contributed by atoms with Crippen molar-refractivity contribution >= 4 is 47.0 Å². The summed E-state index contributed by atoms with van der Waals surface area (Å²) in [7, 11) is 1.49. The number of rotatable bonds is 7. The van der Waals surface area contributed by atoms with Crippen LogP contribution in [-0.4, -0.2) is 42.8 Å². The van der Waals surface area contributed by atoms with Gasteiger partial charge in [0.1, 0.15) is 0 Å². The highest BCUT2D eigenvalue weighted by atomic mass is 32.1. The van der Waals surface area contributed by atoms with Crippen molar-refractivity contribution in [3.8, 4) is 11.5 Å². The number of para-hydroxylation sites is 2. The second-order valence-electron chi connectivity index (χ2n) is 6.53. The molecule has 0 spiro atoms. The Balaban J connectivity index is 1.61. The first-order valence-corrected chi connectivity index (χ1v) is 9.65. The number of benzene rings is 2. The van der Waals surface area contributed by atoms with Gasteiger partial charge in [0.15, 0.2) is 29.1 Å². The van der Waals surface area contributed by atoms with Crippen molar-refractivity contribution in [3.63, 3.8) is 0 Å². The summed E-state index contributed by atoms with van der Waals surface area (Å²) in [5.74, 6) is -2.13. The molecule has 0 bridgehead atoms. The lowest BCUT2D eigenvalue weighted by molar-refractivity contribution is -0.130. The van der Waals surface area contributed by atoms with Gasteiger partial charge in [-0.15, -0.1) is 0 Å². The number of aryl methyl sites for hydroxylation is 1. The molecule has 1 heterocycles. The Morgan fingerprint density at radius 2 is 1.87 bits per heavy atom. The maximum Gasteiger partial charge on any atom is 0.277 e. The van der Waals surface area contributed by atoms with E-state index in [2.05, 4.69) is 15.8 Å². The van der Waals surface area contributed by atoms with Gasteiger partial charge in [-0.2, -0.15) is 5.10 Å². The number of thiocarbonyl (C=S) groups is 1. The van der Waals surface area contributed by atoms with E-state index in [-0.39, 0.29) is 11.7 Å². The van der Waals surface area contributed by atoms with Crippen molar-refractivity contribution < 1.29 is 23.9 Å². The van der Waals surface area contributed by atoms with Gasteiger partial charge in [0.2, 0.25) is 5.91 Å². The zero-order chi connectivity index (χ0) is 22.4. The number of hydrogen-bond acceptors (Lipinski definition) is 7. The van der Waals surface area contributed by atoms with Crippen molar-refractivity contribution in [2.24, 2.45) is 11.0 Å². The monoisotopic (exact) mass is 440 g/mol. The zero-order valence-electron chi connectivity index (χ0n) is 16.8. The van der Waals surface area contributed by atoms with Crippen LogP contribution >= 0.6 is 12.2 Å². The lowest BCUT2D eigenvalue weighted by Crippen LogP contribution is -2.58. The van der Waals surface area contributed by atoms with Gasteiger partial charge in [-0.25, -0.2) is 5.43 Å². The second kappa shape index (κ2) is 9.81. The van der Waals surface area contributed by atoms with E-state index >= 15 is 0 Å². The Kier molecular flexibility index (Phi) is 6.93. The summed E-state index contributed by atoms with van der Waals surface area (Å²) >= 11 is 5.14. The maximum absolute atomic E-state index is 12.8. The van der Waals surface area contributed by atoms with Crippen LogP contribution in [0.1, 0.15) is 5.56 Å². The molecule has 160 valence electrons. The molecule has 1 fully saturated rings. The van der Waals surface area contributed by atoms with Gasteiger partial charge in [-0.05, 0) is 43.4 Å². The zero-order valence-corrected chi connectivity index (χ0v) is 17.6. The lowest BCUT2D eigenvalue weighted by Gasteiger charge is -2.30. The van der Waals surface area contributed by atoms with Gasteiger partial charge in [-0.1, -0.05) is 29.8 Å². The first-order valence-electron chi connectivity index (χ1n) is 9.24. The molecule has 1 saturated heterocycles. The highest BCUT2D eigenvalue weighted by Gasteiger charge is 2.38. The van der Waals surface area contributed by atoms with E-state index in [0.29, 0.717) is 17.2 Å². The van der Waals surface area contributed by atoms with E-state index in [1.807, 2.05) is 19.1 Å². The average Bonchev–Trinajstić information content (AvgIpc) is 2.76. The number of methoxy groups -OCH3 is 1. The number of nitrogens with one attached hydrogen (secondary N) is 2. The third-order valence-electron chi connectivity index (χ3n) is 4.33. The van der Waals surface area contributed by atoms with E-state index in [4.69, 9.17) is 21.7 Å². The van der Waals surface area contributed by atoms with E-state index < -0.39 is 23.6 Å². The standard InChI is InChI=1S/C21H20N4O5S/c1-13-7-9-14(10-8-13)25-20(28)15(19(27)23-21(25)31)11-22-24-18(26)12-30-17-6-4-3-5-16(17)29-2/h3-11,15H,12H2,1-2H3,(H,24,26)(H,23,27,31)/b22-11-/t15-/m1/s1. The van der Waals surface area contributed by atoms with Crippen LogP contribution in [0.5, 0.6) is 11.5 Å². The normalized spacial score (nSPS) is 16.3. The number of hydrogen-bond donors (Lipinski definition) is 2.